The first kappa shape index (κ1) is 22.1. The van der Waals surface area contributed by atoms with Gasteiger partial charge in [-0.2, -0.15) is 0 Å². The van der Waals surface area contributed by atoms with Crippen LogP contribution < -0.4 is 0 Å². The third-order valence-corrected chi connectivity index (χ3v) is 5.54. The molecule has 1 atom stereocenters. The number of piperidine rings is 1. The number of unbranched alkanes of at least 4 members (excludes halogenated alkanes) is 2. The summed E-state index contributed by atoms with van der Waals surface area (Å²) >= 11 is 0. The number of para-hydroxylation sites is 1. The molecule has 1 aliphatic heterocycles. The molecule has 6 nitrogen and oxygen atoms in total. The predicted octanol–water partition coefficient (Wildman–Crippen LogP) is 6.34. The van der Waals surface area contributed by atoms with Crippen molar-refractivity contribution in [2.75, 3.05) is 19.7 Å². The van der Waals surface area contributed by atoms with Gasteiger partial charge in [-0.25, -0.2) is 4.79 Å². The lowest BCUT2D eigenvalue weighted by molar-refractivity contribution is 0.0850. The Hall–Kier alpha value is -2.63. The highest BCUT2D eigenvalue weighted by Crippen LogP contribution is 2.34. The van der Waals surface area contributed by atoms with Gasteiger partial charge in [0.2, 0.25) is 0 Å². The zero-order chi connectivity index (χ0) is 21.5. The number of furan rings is 1. The van der Waals surface area contributed by atoms with Gasteiger partial charge in [0.15, 0.2) is 5.76 Å². The molecule has 0 bridgehead atoms. The Morgan fingerprint density at radius 3 is 2.83 bits per heavy atom. The van der Waals surface area contributed by atoms with Gasteiger partial charge in [0.05, 0.1) is 12.3 Å². The average molecular weight is 412 g/mol. The number of carbonyl (C=O) groups is 1. The summed E-state index contributed by atoms with van der Waals surface area (Å²) in [5, 5.41) is 8.92. The minimum absolute atomic E-state index is 0.166. The third kappa shape index (κ3) is 5.71. The smallest absolute Gasteiger partial charge is 0.409 e. The molecule has 0 spiro atoms. The average Bonchev–Trinajstić information content (AvgIpc) is 3.09. The number of hydrogen-bond donors (Lipinski definition) is 1. The molecule has 162 valence electrons. The van der Waals surface area contributed by atoms with Crippen molar-refractivity contribution in [3.05, 3.63) is 30.0 Å². The molecule has 0 saturated carbocycles. The summed E-state index contributed by atoms with van der Waals surface area (Å²) in [6.45, 7) is 8.03. The molecule has 0 aliphatic carbocycles. The number of ether oxygens (including phenoxy) is 1. The van der Waals surface area contributed by atoms with Gasteiger partial charge < -0.3 is 19.5 Å². The highest BCUT2D eigenvalue weighted by Gasteiger charge is 2.21. The Bertz CT molecular complexity index is 916. The lowest BCUT2D eigenvalue weighted by atomic mass is 10.0. The Kier molecular flexibility index (Phi) is 7.66. The second-order valence-corrected chi connectivity index (χ2v) is 8.37. The molecule has 1 saturated heterocycles. The van der Waals surface area contributed by atoms with E-state index >= 15 is 0 Å². The van der Waals surface area contributed by atoms with Crippen LogP contribution in [0.5, 0.6) is 0 Å². The van der Waals surface area contributed by atoms with Gasteiger partial charge in [-0.3, -0.25) is 4.99 Å². The maximum Gasteiger partial charge on any atom is 0.409 e. The van der Waals surface area contributed by atoms with Gasteiger partial charge in [0, 0.05) is 24.2 Å². The fraction of sp³-hybridized carbons (Fsp3) is 0.542. The standard InChI is InChI=1S/C24H33N3O3/c1-17-10-9-14-27(16-17)24(28)29-15-8-4-5-11-18(2)26-22-20-12-6-7-13-21(20)30-23(22)19(3)25/h6-7,12-13,17,25H,4-5,8-11,14-16H2,1-3H3. The van der Waals surface area contributed by atoms with Crippen LogP contribution in [0.3, 0.4) is 0 Å². The molecular weight excluding hydrogens is 378 g/mol. The van der Waals surface area contributed by atoms with Gasteiger partial charge in [0.25, 0.3) is 0 Å². The summed E-state index contributed by atoms with van der Waals surface area (Å²) in [5.74, 6) is 1.10. The van der Waals surface area contributed by atoms with Gasteiger partial charge >= 0.3 is 6.09 Å². The second-order valence-electron chi connectivity index (χ2n) is 8.37. The molecule has 1 aliphatic rings. The Morgan fingerprint density at radius 2 is 2.07 bits per heavy atom. The summed E-state index contributed by atoms with van der Waals surface area (Å²) in [6.07, 6.45) is 5.80. The molecule has 2 heterocycles. The summed E-state index contributed by atoms with van der Waals surface area (Å²) in [4.78, 5) is 18.7. The van der Waals surface area contributed by atoms with Crippen molar-refractivity contribution in [3.63, 3.8) is 0 Å². The van der Waals surface area contributed by atoms with Crippen molar-refractivity contribution < 1.29 is 13.9 Å². The van der Waals surface area contributed by atoms with Gasteiger partial charge in [-0.15, -0.1) is 0 Å². The predicted molar refractivity (Wildman–Crippen MR) is 121 cm³/mol. The summed E-state index contributed by atoms with van der Waals surface area (Å²) in [6, 6.07) is 7.77. The van der Waals surface area contributed by atoms with Crippen LogP contribution in [-0.2, 0) is 4.74 Å². The normalized spacial score (nSPS) is 17.4. The topological polar surface area (TPSA) is 78.9 Å². The van der Waals surface area contributed by atoms with Crippen LogP contribution in [0.25, 0.3) is 11.0 Å². The van der Waals surface area contributed by atoms with Crippen LogP contribution >= 0.6 is 0 Å². The third-order valence-electron chi connectivity index (χ3n) is 5.54. The van der Waals surface area contributed by atoms with Gasteiger partial charge in [0.1, 0.15) is 11.3 Å². The Balaban J connectivity index is 1.44. The van der Waals surface area contributed by atoms with Crippen molar-refractivity contribution in [3.8, 4) is 0 Å². The number of hydrogen-bond acceptors (Lipinski definition) is 5. The van der Waals surface area contributed by atoms with E-state index in [1.165, 1.54) is 6.42 Å². The van der Waals surface area contributed by atoms with Crippen LogP contribution in [0.15, 0.2) is 33.7 Å². The number of fused-ring (bicyclic) bond motifs is 1. The highest BCUT2D eigenvalue weighted by molar-refractivity contribution is 6.07. The molecule has 6 heteroatoms. The first-order valence-electron chi connectivity index (χ1n) is 11.0. The quantitative estimate of drug-likeness (QED) is 0.406. The number of carbonyl (C=O) groups excluding carboxylic acids is 1. The van der Waals surface area contributed by atoms with Crippen LogP contribution in [0.2, 0.25) is 0 Å². The van der Waals surface area contributed by atoms with Crippen molar-refractivity contribution in [2.24, 2.45) is 10.9 Å². The number of nitrogens with one attached hydrogen (secondary N) is 1. The summed E-state index contributed by atoms with van der Waals surface area (Å²) in [7, 11) is 0. The van der Waals surface area contributed by atoms with Crippen molar-refractivity contribution in [1.82, 2.24) is 4.90 Å². The molecule has 1 fully saturated rings. The molecular formula is C24H33N3O3. The molecule has 30 heavy (non-hydrogen) atoms. The molecule has 3 rings (SSSR count). The van der Waals surface area contributed by atoms with E-state index in [0.29, 0.717) is 24.0 Å². The van der Waals surface area contributed by atoms with Crippen molar-refractivity contribution in [1.29, 1.82) is 5.41 Å². The van der Waals surface area contributed by atoms with Gasteiger partial charge in [-0.1, -0.05) is 19.1 Å². The van der Waals surface area contributed by atoms with Crippen LogP contribution in [-0.4, -0.2) is 42.1 Å². The van der Waals surface area contributed by atoms with E-state index in [1.807, 2.05) is 36.1 Å². The first-order chi connectivity index (χ1) is 14.5. The fourth-order valence-corrected chi connectivity index (χ4v) is 3.91. The first-order valence-corrected chi connectivity index (χ1v) is 11.0. The van der Waals surface area contributed by atoms with Crippen LogP contribution in [0, 0.1) is 11.3 Å². The lowest BCUT2D eigenvalue weighted by Crippen LogP contribution is -2.39. The number of amides is 1. The van der Waals surface area contributed by atoms with E-state index in [9.17, 15) is 4.79 Å². The second kappa shape index (κ2) is 10.4. The maximum absolute atomic E-state index is 12.1. The molecule has 1 amide bonds. The Labute approximate surface area is 178 Å². The maximum atomic E-state index is 12.1. The van der Waals surface area contributed by atoms with E-state index in [0.717, 1.165) is 67.6 Å². The minimum atomic E-state index is -0.166. The van der Waals surface area contributed by atoms with Crippen LogP contribution in [0.1, 0.15) is 65.1 Å². The van der Waals surface area contributed by atoms with E-state index in [1.54, 1.807) is 6.92 Å². The molecule has 1 aromatic carbocycles. The molecule has 1 aromatic heterocycles. The lowest BCUT2D eigenvalue weighted by Gasteiger charge is -2.30. The van der Waals surface area contributed by atoms with Crippen molar-refractivity contribution >= 4 is 34.2 Å². The van der Waals surface area contributed by atoms with E-state index in [-0.39, 0.29) is 6.09 Å². The monoisotopic (exact) mass is 411 g/mol. The molecule has 2 aromatic rings. The van der Waals surface area contributed by atoms with Gasteiger partial charge in [-0.05, 0) is 70.4 Å². The van der Waals surface area contributed by atoms with Crippen molar-refractivity contribution in [2.45, 2.75) is 59.3 Å². The summed E-state index contributed by atoms with van der Waals surface area (Å²) < 4.78 is 11.2. The zero-order valence-corrected chi connectivity index (χ0v) is 18.4. The fourth-order valence-electron chi connectivity index (χ4n) is 3.91. The number of likely N-dealkylation sites (tertiary alicyclic amines) is 1. The van der Waals surface area contributed by atoms with Crippen LogP contribution in [0.4, 0.5) is 10.5 Å². The number of aliphatic imine (C=N–C) groups is 1. The Morgan fingerprint density at radius 1 is 1.27 bits per heavy atom. The zero-order valence-electron chi connectivity index (χ0n) is 18.4. The molecule has 1 unspecified atom stereocenters. The number of nitrogens with zero attached hydrogens (tertiary/aromatic N) is 2. The SMILES string of the molecule is CC(=N)c1oc2ccccc2c1N=C(C)CCCCCOC(=O)N1CCCC(C)C1. The van der Waals surface area contributed by atoms with E-state index in [4.69, 9.17) is 19.6 Å². The molecule has 0 radical (unpaired) electrons. The largest absolute Gasteiger partial charge is 0.452 e. The number of benzene rings is 1. The summed E-state index contributed by atoms with van der Waals surface area (Å²) in [5.41, 5.74) is 2.90. The minimum Gasteiger partial charge on any atom is -0.452 e. The molecule has 1 N–H and O–H groups in total. The number of rotatable bonds is 8. The van der Waals surface area contributed by atoms with E-state index in [2.05, 4.69) is 6.92 Å². The highest BCUT2D eigenvalue weighted by atomic mass is 16.6. The van der Waals surface area contributed by atoms with E-state index < -0.39 is 0 Å².